The average molecular weight is 180 g/mol. The van der Waals surface area contributed by atoms with Crippen LogP contribution in [0.5, 0.6) is 0 Å². The molecule has 2 heterocycles. The second kappa shape index (κ2) is 4.39. The van der Waals surface area contributed by atoms with Gasteiger partial charge in [0.25, 0.3) is 0 Å². The largest absolute Gasteiger partial charge is 0.314 e. The van der Waals surface area contributed by atoms with E-state index in [0.29, 0.717) is 6.04 Å². The first-order valence-electron chi connectivity index (χ1n) is 4.87. The highest BCUT2D eigenvalue weighted by atomic mass is 15.3. The van der Waals surface area contributed by atoms with E-state index in [-0.39, 0.29) is 0 Å². The van der Waals surface area contributed by atoms with Crippen molar-refractivity contribution in [2.45, 2.75) is 19.0 Å². The van der Waals surface area contributed by atoms with E-state index in [1.165, 1.54) is 0 Å². The van der Waals surface area contributed by atoms with Gasteiger partial charge in [-0.25, -0.2) is 0 Å². The first-order valence-corrected chi connectivity index (χ1v) is 4.87. The fourth-order valence-electron chi connectivity index (χ4n) is 1.64. The molecule has 2 rings (SSSR count). The number of nitrogens with zero attached hydrogens (tertiary/aromatic N) is 2. The molecule has 1 saturated heterocycles. The first-order chi connectivity index (χ1) is 6.45. The molecule has 13 heavy (non-hydrogen) atoms. The molecule has 0 amide bonds. The van der Waals surface area contributed by atoms with E-state index in [1.807, 2.05) is 23.1 Å². The molecule has 72 valence electrons. The SMILES string of the molecule is c1cnn(CCC2CNCCN2)c1. The second-order valence-corrected chi connectivity index (χ2v) is 3.41. The molecule has 0 bridgehead atoms. The van der Waals surface area contributed by atoms with Crippen molar-refractivity contribution >= 4 is 0 Å². The molecule has 1 fully saturated rings. The summed E-state index contributed by atoms with van der Waals surface area (Å²) < 4.78 is 1.98. The molecule has 2 N–H and O–H groups in total. The van der Waals surface area contributed by atoms with Gasteiger partial charge in [0, 0.05) is 44.6 Å². The van der Waals surface area contributed by atoms with Gasteiger partial charge in [-0.05, 0) is 12.5 Å². The summed E-state index contributed by atoms with van der Waals surface area (Å²) in [5.41, 5.74) is 0. The number of hydrogen-bond acceptors (Lipinski definition) is 3. The molecule has 0 aromatic carbocycles. The van der Waals surface area contributed by atoms with Crippen molar-refractivity contribution in [3.63, 3.8) is 0 Å². The summed E-state index contributed by atoms with van der Waals surface area (Å²) in [5, 5.41) is 11.0. The quantitative estimate of drug-likeness (QED) is 0.679. The lowest BCUT2D eigenvalue weighted by molar-refractivity contribution is 0.375. The highest BCUT2D eigenvalue weighted by molar-refractivity contribution is 4.80. The zero-order valence-electron chi connectivity index (χ0n) is 7.74. The third kappa shape index (κ3) is 2.54. The van der Waals surface area contributed by atoms with Crippen LogP contribution in [0.2, 0.25) is 0 Å². The minimum atomic E-state index is 0.609. The van der Waals surface area contributed by atoms with E-state index < -0.39 is 0 Å². The van der Waals surface area contributed by atoms with Gasteiger partial charge in [0.1, 0.15) is 0 Å². The van der Waals surface area contributed by atoms with Gasteiger partial charge < -0.3 is 10.6 Å². The molecule has 1 aromatic rings. The highest BCUT2D eigenvalue weighted by Crippen LogP contribution is 1.97. The lowest BCUT2D eigenvalue weighted by atomic mass is 10.2. The van der Waals surface area contributed by atoms with Crippen LogP contribution in [0.25, 0.3) is 0 Å². The number of hydrogen-bond donors (Lipinski definition) is 2. The number of aryl methyl sites for hydroxylation is 1. The van der Waals surface area contributed by atoms with Crippen molar-refractivity contribution in [1.82, 2.24) is 20.4 Å². The van der Waals surface area contributed by atoms with Crippen LogP contribution in [0.3, 0.4) is 0 Å². The maximum Gasteiger partial charge on any atom is 0.0489 e. The Morgan fingerprint density at radius 1 is 1.46 bits per heavy atom. The Bertz CT molecular complexity index is 226. The maximum atomic E-state index is 4.17. The Hall–Kier alpha value is -0.870. The van der Waals surface area contributed by atoms with Gasteiger partial charge >= 0.3 is 0 Å². The van der Waals surface area contributed by atoms with Crippen molar-refractivity contribution in [3.8, 4) is 0 Å². The van der Waals surface area contributed by atoms with Crippen molar-refractivity contribution in [2.24, 2.45) is 0 Å². The summed E-state index contributed by atoms with van der Waals surface area (Å²) in [5.74, 6) is 0. The van der Waals surface area contributed by atoms with Crippen LogP contribution < -0.4 is 10.6 Å². The summed E-state index contributed by atoms with van der Waals surface area (Å²) in [4.78, 5) is 0. The lowest BCUT2D eigenvalue weighted by Crippen LogP contribution is -2.48. The van der Waals surface area contributed by atoms with Crippen molar-refractivity contribution in [1.29, 1.82) is 0 Å². The van der Waals surface area contributed by atoms with Gasteiger partial charge in [-0.3, -0.25) is 4.68 Å². The van der Waals surface area contributed by atoms with Crippen LogP contribution in [-0.2, 0) is 6.54 Å². The van der Waals surface area contributed by atoms with Crippen LogP contribution in [0, 0.1) is 0 Å². The average Bonchev–Trinajstić information content (AvgIpc) is 2.69. The Morgan fingerprint density at radius 2 is 2.46 bits per heavy atom. The van der Waals surface area contributed by atoms with E-state index in [4.69, 9.17) is 0 Å². The zero-order chi connectivity index (χ0) is 8.93. The molecule has 4 heteroatoms. The Balaban J connectivity index is 1.72. The minimum absolute atomic E-state index is 0.609. The molecule has 0 aliphatic carbocycles. The van der Waals surface area contributed by atoms with Gasteiger partial charge in [-0.2, -0.15) is 5.10 Å². The molecule has 1 aliphatic heterocycles. The van der Waals surface area contributed by atoms with Crippen LogP contribution in [-0.4, -0.2) is 35.5 Å². The number of piperazine rings is 1. The summed E-state index contributed by atoms with van der Waals surface area (Å²) in [6.45, 7) is 4.27. The molecule has 0 spiro atoms. The summed E-state index contributed by atoms with van der Waals surface area (Å²) >= 11 is 0. The van der Waals surface area contributed by atoms with Gasteiger partial charge in [0.2, 0.25) is 0 Å². The van der Waals surface area contributed by atoms with Crippen LogP contribution in [0.4, 0.5) is 0 Å². The van der Waals surface area contributed by atoms with Gasteiger partial charge in [0.15, 0.2) is 0 Å². The van der Waals surface area contributed by atoms with Crippen LogP contribution >= 0.6 is 0 Å². The topological polar surface area (TPSA) is 41.9 Å². The fraction of sp³-hybridized carbons (Fsp3) is 0.667. The smallest absolute Gasteiger partial charge is 0.0489 e. The van der Waals surface area contributed by atoms with Gasteiger partial charge in [-0.15, -0.1) is 0 Å². The van der Waals surface area contributed by atoms with E-state index >= 15 is 0 Å². The maximum absolute atomic E-state index is 4.17. The van der Waals surface area contributed by atoms with Gasteiger partial charge in [-0.1, -0.05) is 0 Å². The number of rotatable bonds is 3. The minimum Gasteiger partial charge on any atom is -0.314 e. The predicted molar refractivity (Wildman–Crippen MR) is 51.5 cm³/mol. The molecule has 0 saturated carbocycles. The van der Waals surface area contributed by atoms with E-state index in [9.17, 15) is 0 Å². The fourth-order valence-corrected chi connectivity index (χ4v) is 1.64. The summed E-state index contributed by atoms with van der Waals surface area (Å²) in [6.07, 6.45) is 4.98. The third-order valence-electron chi connectivity index (χ3n) is 2.39. The molecule has 4 nitrogen and oxygen atoms in total. The molecule has 1 aromatic heterocycles. The molecule has 1 aliphatic rings. The van der Waals surface area contributed by atoms with E-state index in [1.54, 1.807) is 0 Å². The number of aromatic nitrogens is 2. The standard InChI is InChI=1S/C9H16N4/c1-3-12-13(6-1)7-2-9-8-10-4-5-11-9/h1,3,6,9-11H,2,4-5,7-8H2. The molecular formula is C9H16N4. The molecule has 1 atom stereocenters. The summed E-state index contributed by atoms with van der Waals surface area (Å²) in [6, 6.07) is 2.57. The Labute approximate surface area is 78.3 Å². The second-order valence-electron chi connectivity index (χ2n) is 3.41. The van der Waals surface area contributed by atoms with Crippen molar-refractivity contribution in [3.05, 3.63) is 18.5 Å². The van der Waals surface area contributed by atoms with E-state index in [0.717, 1.165) is 32.6 Å². The third-order valence-corrected chi connectivity index (χ3v) is 2.39. The monoisotopic (exact) mass is 180 g/mol. The number of nitrogens with one attached hydrogen (secondary N) is 2. The lowest BCUT2D eigenvalue weighted by Gasteiger charge is -2.24. The predicted octanol–water partition coefficient (Wildman–Crippen LogP) is -0.165. The van der Waals surface area contributed by atoms with Crippen LogP contribution in [0.1, 0.15) is 6.42 Å². The Morgan fingerprint density at radius 3 is 3.15 bits per heavy atom. The van der Waals surface area contributed by atoms with E-state index in [2.05, 4.69) is 15.7 Å². The first kappa shape index (κ1) is 8.72. The Kier molecular flexibility index (Phi) is 2.94. The summed E-state index contributed by atoms with van der Waals surface area (Å²) in [7, 11) is 0. The molecule has 1 unspecified atom stereocenters. The molecule has 0 radical (unpaired) electrons. The zero-order valence-corrected chi connectivity index (χ0v) is 7.74. The van der Waals surface area contributed by atoms with Gasteiger partial charge in [0.05, 0.1) is 0 Å². The normalized spacial score (nSPS) is 23.2. The molecular weight excluding hydrogens is 164 g/mol. The van der Waals surface area contributed by atoms with Crippen molar-refractivity contribution < 1.29 is 0 Å². The van der Waals surface area contributed by atoms with Crippen LogP contribution in [0.15, 0.2) is 18.5 Å². The van der Waals surface area contributed by atoms with Crippen molar-refractivity contribution in [2.75, 3.05) is 19.6 Å². The highest BCUT2D eigenvalue weighted by Gasteiger charge is 2.10.